The van der Waals surface area contributed by atoms with Crippen molar-refractivity contribution < 1.29 is 19.2 Å². The molecule has 0 saturated carbocycles. The molecule has 4 nitrogen and oxygen atoms in total. The van der Waals surface area contributed by atoms with Gasteiger partial charge in [0.2, 0.25) is 0 Å². The third-order valence-electron chi connectivity index (χ3n) is 1.59. The van der Waals surface area contributed by atoms with Crippen LogP contribution in [0.2, 0.25) is 0 Å². The van der Waals surface area contributed by atoms with Crippen molar-refractivity contribution in [3.8, 4) is 5.75 Å². The van der Waals surface area contributed by atoms with Crippen molar-refractivity contribution in [3.05, 3.63) is 24.3 Å². The van der Waals surface area contributed by atoms with Crippen LogP contribution in [0.15, 0.2) is 24.3 Å². The second kappa shape index (κ2) is 4.52. The highest BCUT2D eigenvalue weighted by Crippen LogP contribution is 2.05. The van der Waals surface area contributed by atoms with Gasteiger partial charge in [-0.05, 0) is 17.6 Å². The normalized spacial score (nSPS) is 9.08. The molecule has 0 unspecified atom stereocenters. The molecule has 0 amide bonds. The van der Waals surface area contributed by atoms with Crippen LogP contribution in [0.4, 0.5) is 0 Å². The van der Waals surface area contributed by atoms with Gasteiger partial charge >= 0.3 is 7.12 Å². The molecule has 68 valence electrons. The van der Waals surface area contributed by atoms with Gasteiger partial charge in [0.05, 0.1) is 7.11 Å². The van der Waals surface area contributed by atoms with Crippen molar-refractivity contribution in [3.63, 3.8) is 0 Å². The van der Waals surface area contributed by atoms with Gasteiger partial charge in [0.1, 0.15) is 5.75 Å². The van der Waals surface area contributed by atoms with Crippen LogP contribution in [0.5, 0.6) is 5.75 Å². The molecule has 0 fully saturated rings. The molecule has 0 aromatic heterocycles. The predicted octanol–water partition coefficient (Wildman–Crippen LogP) is -0.444. The summed E-state index contributed by atoms with van der Waals surface area (Å²) in [5.74, 6) is 0.682. The lowest BCUT2D eigenvalue weighted by atomic mass is 9.80. The second-order valence-electron chi connectivity index (χ2n) is 2.36. The summed E-state index contributed by atoms with van der Waals surface area (Å²) < 4.78 is 9.25. The first-order valence-corrected chi connectivity index (χ1v) is 3.69. The van der Waals surface area contributed by atoms with E-state index in [9.17, 15) is 9.82 Å². The van der Waals surface area contributed by atoms with Crippen molar-refractivity contribution in [2.75, 3.05) is 7.11 Å². The van der Waals surface area contributed by atoms with E-state index in [4.69, 9.17) is 4.74 Å². The molecular weight excluding hydrogens is 171 g/mol. The Kier molecular flexibility index (Phi) is 3.34. The zero-order valence-corrected chi connectivity index (χ0v) is 7.14. The Morgan fingerprint density at radius 2 is 2.00 bits per heavy atom. The number of hydrogen-bond donors (Lipinski definition) is 1. The minimum Gasteiger partial charge on any atom is -0.508 e. The third kappa shape index (κ3) is 2.49. The van der Waals surface area contributed by atoms with E-state index in [1.165, 1.54) is 0 Å². The van der Waals surface area contributed by atoms with E-state index in [-0.39, 0.29) is 6.47 Å². The molecule has 5 heteroatoms. The van der Waals surface area contributed by atoms with Crippen LogP contribution in [-0.4, -0.2) is 25.7 Å². The number of benzene rings is 1. The van der Waals surface area contributed by atoms with Crippen LogP contribution in [-0.2, 0) is 9.45 Å². The summed E-state index contributed by atoms with van der Waals surface area (Å²) >= 11 is 0. The van der Waals surface area contributed by atoms with Crippen LogP contribution < -0.4 is 10.2 Å². The fourth-order valence-electron chi connectivity index (χ4n) is 0.900. The molecular formula is C8H9BO4. The van der Waals surface area contributed by atoms with Gasteiger partial charge in [-0.15, -0.1) is 0 Å². The predicted molar refractivity (Wildman–Crippen MR) is 47.7 cm³/mol. The van der Waals surface area contributed by atoms with Gasteiger partial charge < -0.3 is 14.4 Å². The Morgan fingerprint density at radius 1 is 1.38 bits per heavy atom. The summed E-state index contributed by atoms with van der Waals surface area (Å²) in [5, 5.41) is 9.19. The molecule has 0 aliphatic heterocycles. The summed E-state index contributed by atoms with van der Waals surface area (Å²) in [6, 6.07) is 6.58. The summed E-state index contributed by atoms with van der Waals surface area (Å²) in [6.45, 7) is 0.203. The second-order valence-corrected chi connectivity index (χ2v) is 2.36. The summed E-state index contributed by atoms with van der Waals surface area (Å²) in [5.41, 5.74) is 0.507. The van der Waals surface area contributed by atoms with Crippen LogP contribution >= 0.6 is 0 Å². The van der Waals surface area contributed by atoms with Crippen molar-refractivity contribution in [2.45, 2.75) is 0 Å². The molecule has 1 N–H and O–H groups in total. The van der Waals surface area contributed by atoms with Crippen LogP contribution in [0.3, 0.4) is 0 Å². The van der Waals surface area contributed by atoms with Crippen LogP contribution in [0, 0.1) is 0 Å². The largest absolute Gasteiger partial charge is 0.561 e. The Labute approximate surface area is 76.2 Å². The number of methoxy groups -OCH3 is 1. The van der Waals surface area contributed by atoms with Gasteiger partial charge in [-0.25, -0.2) is 0 Å². The maximum atomic E-state index is 9.90. The molecule has 0 atom stereocenters. The van der Waals surface area contributed by atoms with E-state index in [0.29, 0.717) is 11.2 Å². The quantitative estimate of drug-likeness (QED) is 0.503. The smallest absolute Gasteiger partial charge is 0.508 e. The van der Waals surface area contributed by atoms with E-state index in [2.05, 4.69) is 4.65 Å². The minimum absolute atomic E-state index is 0.203. The Balaban J connectivity index is 2.73. The molecule has 0 heterocycles. The van der Waals surface area contributed by atoms with Crippen molar-refractivity contribution in [2.24, 2.45) is 0 Å². The van der Waals surface area contributed by atoms with Gasteiger partial charge in [0.25, 0.3) is 6.47 Å². The third-order valence-corrected chi connectivity index (χ3v) is 1.59. The first-order valence-electron chi connectivity index (χ1n) is 3.69. The number of rotatable bonds is 4. The van der Waals surface area contributed by atoms with Crippen LogP contribution in [0.25, 0.3) is 0 Å². The topological polar surface area (TPSA) is 55.8 Å². The first kappa shape index (κ1) is 9.60. The van der Waals surface area contributed by atoms with Gasteiger partial charge in [-0.2, -0.15) is 0 Å². The molecule has 0 spiro atoms. The van der Waals surface area contributed by atoms with Crippen LogP contribution in [0.1, 0.15) is 0 Å². The standard InChI is InChI=1S/C8H9BO4/c1-12-8-4-2-7(3-5-8)9(11)13-6-10/h2-6,11H,1H3. The molecule has 0 bridgehead atoms. The highest BCUT2D eigenvalue weighted by Gasteiger charge is 2.16. The molecule has 0 radical (unpaired) electrons. The zero-order valence-electron chi connectivity index (χ0n) is 7.14. The monoisotopic (exact) mass is 180 g/mol. The molecule has 0 aliphatic rings. The molecule has 1 aromatic rings. The first-order chi connectivity index (χ1) is 6.27. The van der Waals surface area contributed by atoms with E-state index in [1.807, 2.05) is 0 Å². The average molecular weight is 180 g/mol. The Hall–Kier alpha value is -1.49. The van der Waals surface area contributed by atoms with Gasteiger partial charge in [-0.1, -0.05) is 12.1 Å². The molecule has 1 aromatic carbocycles. The molecule has 0 aliphatic carbocycles. The van der Waals surface area contributed by atoms with Crippen molar-refractivity contribution in [1.82, 2.24) is 0 Å². The molecule has 1 rings (SSSR count). The number of carbonyl (C=O) groups excluding carboxylic acids is 1. The lowest BCUT2D eigenvalue weighted by Gasteiger charge is -2.04. The van der Waals surface area contributed by atoms with Crippen molar-refractivity contribution >= 4 is 19.1 Å². The SMILES string of the molecule is COc1ccc(B(O)OC=O)cc1. The number of carbonyl (C=O) groups is 1. The molecule has 0 saturated heterocycles. The van der Waals surface area contributed by atoms with Gasteiger partial charge in [0, 0.05) is 0 Å². The maximum Gasteiger partial charge on any atom is 0.561 e. The Morgan fingerprint density at radius 3 is 2.46 bits per heavy atom. The van der Waals surface area contributed by atoms with E-state index >= 15 is 0 Å². The zero-order chi connectivity index (χ0) is 9.68. The Bertz CT molecular complexity index is 272. The fraction of sp³-hybridized carbons (Fsp3) is 0.125. The van der Waals surface area contributed by atoms with E-state index in [0.717, 1.165) is 0 Å². The summed E-state index contributed by atoms with van der Waals surface area (Å²) in [6.07, 6.45) is 0. The lowest BCUT2D eigenvalue weighted by molar-refractivity contribution is -0.121. The fourth-order valence-corrected chi connectivity index (χ4v) is 0.900. The minimum atomic E-state index is -1.21. The summed E-state index contributed by atoms with van der Waals surface area (Å²) in [7, 11) is 0.344. The number of hydrogen-bond acceptors (Lipinski definition) is 4. The van der Waals surface area contributed by atoms with E-state index in [1.54, 1.807) is 31.4 Å². The highest BCUT2D eigenvalue weighted by atomic mass is 16.5. The lowest BCUT2D eigenvalue weighted by Crippen LogP contribution is -2.32. The van der Waals surface area contributed by atoms with E-state index < -0.39 is 7.12 Å². The maximum absolute atomic E-state index is 9.90. The number of ether oxygens (including phenoxy) is 1. The van der Waals surface area contributed by atoms with Gasteiger partial charge in [-0.3, -0.25) is 4.79 Å². The van der Waals surface area contributed by atoms with Crippen molar-refractivity contribution in [1.29, 1.82) is 0 Å². The van der Waals surface area contributed by atoms with Gasteiger partial charge in [0.15, 0.2) is 0 Å². The molecule has 13 heavy (non-hydrogen) atoms. The summed E-state index contributed by atoms with van der Waals surface area (Å²) in [4.78, 5) is 9.90. The highest BCUT2D eigenvalue weighted by molar-refractivity contribution is 6.61. The average Bonchev–Trinajstić information content (AvgIpc) is 2.18.